The monoisotopic (exact) mass is 352 g/mol. The average molecular weight is 352 g/mol. The van der Waals surface area contributed by atoms with E-state index < -0.39 is 9.84 Å². The first-order chi connectivity index (χ1) is 12.0. The molecule has 5 heteroatoms. The second-order valence-electron chi connectivity index (χ2n) is 6.04. The van der Waals surface area contributed by atoms with Gasteiger partial charge >= 0.3 is 0 Å². The van der Waals surface area contributed by atoms with Crippen LogP contribution in [-0.4, -0.2) is 33.8 Å². The fourth-order valence-corrected chi connectivity index (χ4v) is 3.99. The fraction of sp³-hybridized carbons (Fsp3) is 0.150. The zero-order valence-corrected chi connectivity index (χ0v) is 15.1. The molecule has 3 aromatic carbocycles. The third-order valence-corrected chi connectivity index (χ3v) is 5.65. The summed E-state index contributed by atoms with van der Waals surface area (Å²) in [5.41, 5.74) is 1.07. The van der Waals surface area contributed by atoms with Gasteiger partial charge < -0.3 is 4.90 Å². The summed E-state index contributed by atoms with van der Waals surface area (Å²) in [5.74, 6) is 0. The van der Waals surface area contributed by atoms with Crippen LogP contribution in [-0.2, 0) is 16.4 Å². The highest BCUT2D eigenvalue weighted by Crippen LogP contribution is 2.26. The second kappa shape index (κ2) is 7.07. The third kappa shape index (κ3) is 3.72. The summed E-state index contributed by atoms with van der Waals surface area (Å²) in [6.07, 6.45) is 1.77. The number of hydrogen-bond acceptors (Lipinski definition) is 3. The molecule has 0 radical (unpaired) electrons. The van der Waals surface area contributed by atoms with Gasteiger partial charge in [-0.1, -0.05) is 42.5 Å². The molecule has 0 bridgehead atoms. The molecule has 0 heterocycles. The Morgan fingerprint density at radius 2 is 1.68 bits per heavy atom. The molecule has 128 valence electrons. The molecule has 25 heavy (non-hydrogen) atoms. The molecule has 3 rings (SSSR count). The van der Waals surface area contributed by atoms with Crippen molar-refractivity contribution in [2.24, 2.45) is 4.99 Å². The summed E-state index contributed by atoms with van der Waals surface area (Å²) in [6, 6.07) is 19.6. The molecule has 0 amide bonds. The van der Waals surface area contributed by atoms with E-state index in [1.54, 1.807) is 48.8 Å². The first kappa shape index (κ1) is 17.2. The number of sulfone groups is 1. The third-order valence-electron chi connectivity index (χ3n) is 3.88. The van der Waals surface area contributed by atoms with E-state index in [0.717, 1.165) is 16.3 Å². The van der Waals surface area contributed by atoms with Crippen LogP contribution in [0.1, 0.15) is 5.56 Å². The van der Waals surface area contributed by atoms with Gasteiger partial charge in [-0.2, -0.15) is 0 Å². The van der Waals surface area contributed by atoms with Crippen LogP contribution < -0.4 is 0 Å². The van der Waals surface area contributed by atoms with Crippen molar-refractivity contribution in [3.63, 3.8) is 0 Å². The van der Waals surface area contributed by atoms with Crippen LogP contribution in [0, 0.1) is 0 Å². The molecule has 0 saturated carbocycles. The number of hydrogen-bond donors (Lipinski definition) is 0. The molecule has 0 aliphatic heterocycles. The van der Waals surface area contributed by atoms with Crippen molar-refractivity contribution >= 4 is 26.9 Å². The molecule has 0 fully saturated rings. The van der Waals surface area contributed by atoms with Crippen molar-refractivity contribution in [3.05, 3.63) is 72.3 Å². The maximum Gasteiger partial charge on any atom is 0.206 e. The summed E-state index contributed by atoms with van der Waals surface area (Å²) in [5, 5.41) is 1.92. The highest BCUT2D eigenvalue weighted by molar-refractivity contribution is 7.91. The van der Waals surface area contributed by atoms with Gasteiger partial charge in [0.1, 0.15) is 0 Å². The highest BCUT2D eigenvalue weighted by Gasteiger charge is 2.17. The van der Waals surface area contributed by atoms with Gasteiger partial charge in [0.15, 0.2) is 0 Å². The Balaban J connectivity index is 2.02. The number of aliphatic imine (C=N–C) groups is 1. The van der Waals surface area contributed by atoms with E-state index in [2.05, 4.69) is 4.99 Å². The molecule has 0 saturated heterocycles. The molecule has 0 aromatic heterocycles. The number of fused-ring (bicyclic) bond motifs is 1. The van der Waals surface area contributed by atoms with Gasteiger partial charge in [-0.25, -0.2) is 8.42 Å². The van der Waals surface area contributed by atoms with Crippen molar-refractivity contribution in [3.8, 4) is 0 Å². The Hall–Kier alpha value is -2.66. The van der Waals surface area contributed by atoms with Crippen LogP contribution in [0.2, 0.25) is 0 Å². The fourth-order valence-electron chi connectivity index (χ4n) is 2.67. The Kier molecular flexibility index (Phi) is 4.86. The number of nitrogens with zero attached hydrogens (tertiary/aromatic N) is 2. The van der Waals surface area contributed by atoms with Gasteiger partial charge in [-0.15, -0.1) is 0 Å². The summed E-state index contributed by atoms with van der Waals surface area (Å²) in [7, 11) is 0.340. The van der Waals surface area contributed by atoms with E-state index in [4.69, 9.17) is 0 Å². The Morgan fingerprint density at radius 3 is 2.40 bits per heavy atom. The van der Waals surface area contributed by atoms with Crippen LogP contribution in [0.15, 0.2) is 81.5 Å². The van der Waals surface area contributed by atoms with E-state index in [-0.39, 0.29) is 0 Å². The molecule has 0 atom stereocenters. The van der Waals surface area contributed by atoms with Crippen LogP contribution >= 0.6 is 0 Å². The molecule has 0 N–H and O–H groups in total. The predicted octanol–water partition coefficient (Wildman–Crippen LogP) is 3.76. The Labute approximate surface area is 148 Å². The Bertz CT molecular complexity index is 1010. The minimum Gasteiger partial charge on any atom is -0.369 e. The smallest absolute Gasteiger partial charge is 0.206 e. The number of benzene rings is 3. The normalized spacial score (nSPS) is 11.9. The van der Waals surface area contributed by atoms with Crippen molar-refractivity contribution < 1.29 is 8.42 Å². The van der Waals surface area contributed by atoms with Crippen molar-refractivity contribution in [1.29, 1.82) is 0 Å². The molecule has 0 unspecified atom stereocenters. The van der Waals surface area contributed by atoms with E-state index >= 15 is 0 Å². The lowest BCUT2D eigenvalue weighted by Gasteiger charge is -2.09. The lowest BCUT2D eigenvalue weighted by molar-refractivity contribution is 0.596. The van der Waals surface area contributed by atoms with Crippen molar-refractivity contribution in [1.82, 2.24) is 4.90 Å². The molecular weight excluding hydrogens is 332 g/mol. The maximum absolute atomic E-state index is 12.8. The van der Waals surface area contributed by atoms with Crippen LogP contribution in [0.4, 0.5) is 0 Å². The van der Waals surface area contributed by atoms with Crippen LogP contribution in [0.25, 0.3) is 10.8 Å². The molecule has 0 aliphatic carbocycles. The van der Waals surface area contributed by atoms with Crippen LogP contribution in [0.3, 0.4) is 0 Å². The quantitative estimate of drug-likeness (QED) is 0.519. The molecule has 3 aromatic rings. The lowest BCUT2D eigenvalue weighted by atomic mass is 10.0. The van der Waals surface area contributed by atoms with Gasteiger partial charge in [0.05, 0.1) is 22.7 Å². The molecule has 0 spiro atoms. The molecule has 0 aliphatic rings. The van der Waals surface area contributed by atoms with Gasteiger partial charge in [-0.3, -0.25) is 4.99 Å². The predicted molar refractivity (Wildman–Crippen MR) is 102 cm³/mol. The van der Waals surface area contributed by atoms with Crippen molar-refractivity contribution in [2.45, 2.75) is 16.3 Å². The van der Waals surface area contributed by atoms with Crippen molar-refractivity contribution in [2.75, 3.05) is 14.1 Å². The average Bonchev–Trinajstić information content (AvgIpc) is 2.62. The summed E-state index contributed by atoms with van der Waals surface area (Å²) in [4.78, 5) is 6.89. The SMILES string of the molecule is CN(C)C=NCc1cccc2cc(S(=O)(=O)c3ccccc3)ccc12. The van der Waals surface area contributed by atoms with Gasteiger partial charge in [0, 0.05) is 14.1 Å². The number of rotatable bonds is 5. The first-order valence-electron chi connectivity index (χ1n) is 7.96. The summed E-state index contributed by atoms with van der Waals surface area (Å²) >= 11 is 0. The minimum absolute atomic E-state index is 0.306. The zero-order valence-electron chi connectivity index (χ0n) is 14.3. The van der Waals surface area contributed by atoms with Gasteiger partial charge in [-0.05, 0) is 40.6 Å². The van der Waals surface area contributed by atoms with E-state index in [9.17, 15) is 8.42 Å². The second-order valence-corrected chi connectivity index (χ2v) is 7.99. The standard InChI is InChI=1S/C20H20N2O2S/c1-22(2)15-21-14-17-8-6-7-16-13-19(11-12-20(16)17)25(23,24)18-9-4-3-5-10-18/h3-13,15H,14H2,1-2H3. The van der Waals surface area contributed by atoms with E-state index in [1.807, 2.05) is 43.3 Å². The first-order valence-corrected chi connectivity index (χ1v) is 9.45. The van der Waals surface area contributed by atoms with Gasteiger partial charge in [0.25, 0.3) is 0 Å². The highest BCUT2D eigenvalue weighted by atomic mass is 32.2. The van der Waals surface area contributed by atoms with Crippen LogP contribution in [0.5, 0.6) is 0 Å². The topological polar surface area (TPSA) is 49.7 Å². The van der Waals surface area contributed by atoms with E-state index in [0.29, 0.717) is 16.3 Å². The lowest BCUT2D eigenvalue weighted by Crippen LogP contribution is -2.07. The Morgan fingerprint density at radius 1 is 0.920 bits per heavy atom. The molecular formula is C20H20N2O2S. The van der Waals surface area contributed by atoms with Gasteiger partial charge in [0.2, 0.25) is 9.84 Å². The summed E-state index contributed by atoms with van der Waals surface area (Å²) in [6.45, 7) is 0.556. The summed E-state index contributed by atoms with van der Waals surface area (Å²) < 4.78 is 25.6. The molecule has 4 nitrogen and oxygen atoms in total. The maximum atomic E-state index is 12.8. The zero-order chi connectivity index (χ0) is 17.9. The largest absolute Gasteiger partial charge is 0.369 e. The minimum atomic E-state index is -3.51. The van der Waals surface area contributed by atoms with E-state index in [1.165, 1.54) is 0 Å².